The second-order valence-corrected chi connectivity index (χ2v) is 6.47. The van der Waals surface area contributed by atoms with E-state index in [4.69, 9.17) is 0 Å². The predicted molar refractivity (Wildman–Crippen MR) is 82.7 cm³/mol. The summed E-state index contributed by atoms with van der Waals surface area (Å²) in [6.45, 7) is 5.79. The number of aromatic nitrogens is 1. The predicted octanol–water partition coefficient (Wildman–Crippen LogP) is 4.08. The van der Waals surface area contributed by atoms with Crippen molar-refractivity contribution in [3.63, 3.8) is 0 Å². The van der Waals surface area contributed by atoms with Crippen molar-refractivity contribution in [2.75, 3.05) is 11.9 Å². The molecule has 1 unspecified atom stereocenters. The highest BCUT2D eigenvalue weighted by Crippen LogP contribution is 2.25. The van der Waals surface area contributed by atoms with Gasteiger partial charge in [-0.2, -0.15) is 22.5 Å². The number of aliphatic hydroxyl groups is 1. The smallest absolute Gasteiger partial charge is 0.253 e. The topological polar surface area (TPSA) is 45.1 Å². The average molecular weight is 342 g/mol. The minimum absolute atomic E-state index is 0.0555. The van der Waals surface area contributed by atoms with Gasteiger partial charge in [0.15, 0.2) is 0 Å². The Balaban J connectivity index is 2.13. The maximum atomic E-state index is 13.5. The Hall–Kier alpha value is -2.15. The lowest BCUT2D eigenvalue weighted by molar-refractivity contribution is 0.191. The zero-order valence-corrected chi connectivity index (χ0v) is 13.5. The van der Waals surface area contributed by atoms with Crippen LogP contribution in [0.25, 0.3) is 0 Å². The molecule has 0 aliphatic rings. The number of nitrogens with zero attached hydrogens (tertiary/aromatic N) is 1. The number of hydrogen-bond donors (Lipinski definition) is 2. The highest BCUT2D eigenvalue weighted by molar-refractivity contribution is 5.45. The lowest BCUT2D eigenvalue weighted by Crippen LogP contribution is -2.16. The Morgan fingerprint density at radius 3 is 1.96 bits per heavy atom. The SMILES string of the molecule is CC(C)(C)c1ccc(C(O)CNc2c(F)c(F)nc(F)c2F)cc1. The first-order valence-electron chi connectivity index (χ1n) is 7.33. The van der Waals surface area contributed by atoms with E-state index in [1.807, 2.05) is 32.9 Å². The van der Waals surface area contributed by atoms with Crippen LogP contribution < -0.4 is 5.32 Å². The van der Waals surface area contributed by atoms with E-state index in [0.717, 1.165) is 5.56 Å². The summed E-state index contributed by atoms with van der Waals surface area (Å²) in [5.41, 5.74) is 0.513. The van der Waals surface area contributed by atoms with Crippen molar-refractivity contribution in [2.45, 2.75) is 32.3 Å². The van der Waals surface area contributed by atoms with E-state index < -0.39 is 35.3 Å². The van der Waals surface area contributed by atoms with E-state index in [1.54, 1.807) is 12.1 Å². The molecule has 1 atom stereocenters. The van der Waals surface area contributed by atoms with E-state index in [2.05, 4.69) is 10.3 Å². The molecule has 0 saturated heterocycles. The normalized spacial score (nSPS) is 13.0. The molecule has 1 heterocycles. The lowest BCUT2D eigenvalue weighted by atomic mass is 9.86. The van der Waals surface area contributed by atoms with Gasteiger partial charge in [0.1, 0.15) is 5.69 Å². The Morgan fingerprint density at radius 1 is 1.00 bits per heavy atom. The minimum Gasteiger partial charge on any atom is -0.387 e. The fourth-order valence-corrected chi connectivity index (χ4v) is 2.16. The van der Waals surface area contributed by atoms with Gasteiger partial charge in [-0.3, -0.25) is 0 Å². The molecule has 0 saturated carbocycles. The number of nitrogens with one attached hydrogen (secondary N) is 1. The van der Waals surface area contributed by atoms with Gasteiger partial charge in [0.25, 0.3) is 11.9 Å². The Labute approximate surface area is 137 Å². The summed E-state index contributed by atoms with van der Waals surface area (Å²) in [6, 6.07) is 7.05. The minimum atomic E-state index is -1.75. The van der Waals surface area contributed by atoms with Crippen LogP contribution in [0.2, 0.25) is 0 Å². The van der Waals surface area contributed by atoms with Crippen molar-refractivity contribution in [3.8, 4) is 0 Å². The second kappa shape index (κ2) is 6.76. The highest BCUT2D eigenvalue weighted by Gasteiger charge is 2.21. The molecular weight excluding hydrogens is 324 g/mol. The van der Waals surface area contributed by atoms with Gasteiger partial charge < -0.3 is 10.4 Å². The van der Waals surface area contributed by atoms with E-state index >= 15 is 0 Å². The van der Waals surface area contributed by atoms with Crippen LogP contribution in [0.4, 0.5) is 23.2 Å². The van der Waals surface area contributed by atoms with Crippen LogP contribution in [0, 0.1) is 23.5 Å². The zero-order valence-electron chi connectivity index (χ0n) is 13.5. The van der Waals surface area contributed by atoms with Gasteiger partial charge in [0, 0.05) is 6.54 Å². The fraction of sp³-hybridized carbons (Fsp3) is 0.353. The monoisotopic (exact) mass is 342 g/mol. The number of benzene rings is 1. The van der Waals surface area contributed by atoms with Crippen molar-refractivity contribution < 1.29 is 22.7 Å². The van der Waals surface area contributed by atoms with Gasteiger partial charge in [-0.25, -0.2) is 0 Å². The first kappa shape index (κ1) is 18.2. The molecule has 1 aromatic carbocycles. The highest BCUT2D eigenvalue weighted by atomic mass is 19.2. The van der Waals surface area contributed by atoms with E-state index in [0.29, 0.717) is 5.56 Å². The van der Waals surface area contributed by atoms with Gasteiger partial charge in [-0.15, -0.1) is 0 Å². The van der Waals surface area contributed by atoms with Gasteiger partial charge in [-0.1, -0.05) is 45.0 Å². The van der Waals surface area contributed by atoms with E-state index in [-0.39, 0.29) is 12.0 Å². The van der Waals surface area contributed by atoms with Crippen molar-refractivity contribution in [2.24, 2.45) is 0 Å². The van der Waals surface area contributed by atoms with Crippen LogP contribution in [0.5, 0.6) is 0 Å². The largest absolute Gasteiger partial charge is 0.387 e. The van der Waals surface area contributed by atoms with Crippen LogP contribution in [0.1, 0.15) is 38.0 Å². The van der Waals surface area contributed by atoms with Crippen molar-refractivity contribution in [3.05, 3.63) is 58.9 Å². The first-order valence-corrected chi connectivity index (χ1v) is 7.33. The fourth-order valence-electron chi connectivity index (χ4n) is 2.16. The summed E-state index contributed by atoms with van der Waals surface area (Å²) in [5, 5.41) is 12.3. The van der Waals surface area contributed by atoms with Gasteiger partial charge in [0.2, 0.25) is 11.6 Å². The van der Waals surface area contributed by atoms with E-state index in [9.17, 15) is 22.7 Å². The summed E-state index contributed by atoms with van der Waals surface area (Å²) < 4.78 is 53.0. The molecule has 0 aliphatic carbocycles. The van der Waals surface area contributed by atoms with E-state index in [1.165, 1.54) is 0 Å². The third-order valence-corrected chi connectivity index (χ3v) is 3.63. The maximum absolute atomic E-state index is 13.5. The number of aliphatic hydroxyl groups excluding tert-OH is 1. The molecule has 2 aromatic rings. The van der Waals surface area contributed by atoms with Gasteiger partial charge in [0.05, 0.1) is 6.10 Å². The molecule has 0 spiro atoms. The van der Waals surface area contributed by atoms with Crippen LogP contribution in [0.3, 0.4) is 0 Å². The van der Waals surface area contributed by atoms with Crippen molar-refractivity contribution in [1.29, 1.82) is 0 Å². The second-order valence-electron chi connectivity index (χ2n) is 6.47. The molecule has 130 valence electrons. The molecule has 0 fully saturated rings. The molecule has 7 heteroatoms. The van der Waals surface area contributed by atoms with Gasteiger partial charge >= 0.3 is 0 Å². The molecule has 0 radical (unpaired) electrons. The molecular formula is C17H18F4N2O. The Morgan fingerprint density at radius 2 is 1.50 bits per heavy atom. The lowest BCUT2D eigenvalue weighted by Gasteiger charge is -2.20. The van der Waals surface area contributed by atoms with Gasteiger partial charge in [-0.05, 0) is 16.5 Å². The van der Waals surface area contributed by atoms with Crippen molar-refractivity contribution in [1.82, 2.24) is 4.98 Å². The van der Waals surface area contributed by atoms with Crippen LogP contribution in [-0.2, 0) is 5.41 Å². The Bertz CT molecular complexity index is 701. The number of halogens is 4. The number of pyridine rings is 1. The molecule has 2 N–H and O–H groups in total. The van der Waals surface area contributed by atoms with Crippen LogP contribution >= 0.6 is 0 Å². The van der Waals surface area contributed by atoms with Crippen LogP contribution in [-0.4, -0.2) is 16.6 Å². The van der Waals surface area contributed by atoms with Crippen LogP contribution in [0.15, 0.2) is 24.3 Å². The molecule has 2 rings (SSSR count). The number of rotatable bonds is 4. The molecule has 1 aromatic heterocycles. The van der Waals surface area contributed by atoms with Crippen molar-refractivity contribution >= 4 is 5.69 Å². The Kier molecular flexibility index (Phi) is 5.13. The number of hydrogen-bond acceptors (Lipinski definition) is 3. The third kappa shape index (κ3) is 3.84. The molecule has 3 nitrogen and oxygen atoms in total. The molecule has 24 heavy (non-hydrogen) atoms. The quantitative estimate of drug-likeness (QED) is 0.650. The first-order chi connectivity index (χ1) is 11.1. The summed E-state index contributed by atoms with van der Waals surface area (Å²) in [6.07, 6.45) is -1.11. The summed E-state index contributed by atoms with van der Waals surface area (Å²) in [4.78, 5) is 2.47. The third-order valence-electron chi connectivity index (χ3n) is 3.63. The molecule has 0 bridgehead atoms. The summed E-state index contributed by atoms with van der Waals surface area (Å²) in [7, 11) is 0. The summed E-state index contributed by atoms with van der Waals surface area (Å²) >= 11 is 0. The number of anilines is 1. The summed E-state index contributed by atoms with van der Waals surface area (Å²) in [5.74, 6) is -6.77. The average Bonchev–Trinajstić information content (AvgIpc) is 2.52. The zero-order chi connectivity index (χ0) is 18.1. The molecule has 0 aliphatic heterocycles. The molecule has 0 amide bonds. The maximum Gasteiger partial charge on any atom is 0.253 e. The standard InChI is InChI=1S/C17H18F4N2O/c1-17(2,3)10-6-4-9(5-7-10)11(24)8-22-14-12(18)15(20)23-16(21)13(14)19/h4-7,11,24H,8H2,1-3H3,(H,22,23).